The van der Waals surface area contributed by atoms with Crippen molar-refractivity contribution >= 4 is 5.91 Å². The summed E-state index contributed by atoms with van der Waals surface area (Å²) < 4.78 is 0. The minimum Gasteiger partial charge on any atom is -0.337 e. The fraction of sp³-hybridized carbons (Fsp3) is 0.588. The Morgan fingerprint density at radius 1 is 1.40 bits per heavy atom. The van der Waals surface area contributed by atoms with E-state index in [1.807, 2.05) is 24.0 Å². The topological polar surface area (TPSA) is 32.3 Å². The van der Waals surface area contributed by atoms with Gasteiger partial charge in [-0.05, 0) is 51.3 Å². The summed E-state index contributed by atoms with van der Waals surface area (Å²) in [6, 6.07) is 6.54. The van der Waals surface area contributed by atoms with Gasteiger partial charge in [-0.25, -0.2) is 0 Å². The van der Waals surface area contributed by atoms with Crippen molar-refractivity contribution in [1.82, 2.24) is 10.2 Å². The van der Waals surface area contributed by atoms with Crippen LogP contribution in [-0.2, 0) is 0 Å². The summed E-state index contributed by atoms with van der Waals surface area (Å²) in [5, 5.41) is 3.54. The molecule has 1 saturated heterocycles. The van der Waals surface area contributed by atoms with Crippen LogP contribution in [-0.4, -0.2) is 36.5 Å². The molecule has 1 N–H and O–H groups in total. The predicted octanol–water partition coefficient (Wildman–Crippen LogP) is 2.91. The number of aryl methyl sites for hydroxylation is 2. The van der Waals surface area contributed by atoms with E-state index >= 15 is 0 Å². The second kappa shape index (κ2) is 6.89. The van der Waals surface area contributed by atoms with Crippen molar-refractivity contribution in [2.45, 2.75) is 46.1 Å². The second-order valence-corrected chi connectivity index (χ2v) is 5.86. The van der Waals surface area contributed by atoms with E-state index in [-0.39, 0.29) is 5.91 Å². The van der Waals surface area contributed by atoms with Gasteiger partial charge >= 0.3 is 0 Å². The Bertz CT molecular complexity index is 470. The highest BCUT2D eigenvalue weighted by Crippen LogP contribution is 2.17. The highest BCUT2D eigenvalue weighted by molar-refractivity contribution is 5.95. The summed E-state index contributed by atoms with van der Waals surface area (Å²) in [5.41, 5.74) is 3.14. The number of amides is 1. The Balaban J connectivity index is 2.04. The molecule has 0 aliphatic carbocycles. The van der Waals surface area contributed by atoms with Crippen LogP contribution in [0.4, 0.5) is 0 Å². The Morgan fingerprint density at radius 3 is 2.90 bits per heavy atom. The summed E-state index contributed by atoms with van der Waals surface area (Å²) >= 11 is 0. The maximum atomic E-state index is 12.6. The van der Waals surface area contributed by atoms with Gasteiger partial charge in [0, 0.05) is 24.7 Å². The van der Waals surface area contributed by atoms with Gasteiger partial charge in [0.25, 0.3) is 5.91 Å². The first-order valence-corrected chi connectivity index (χ1v) is 7.71. The van der Waals surface area contributed by atoms with Gasteiger partial charge in [-0.15, -0.1) is 0 Å². The van der Waals surface area contributed by atoms with Gasteiger partial charge in [0.15, 0.2) is 0 Å². The van der Waals surface area contributed by atoms with Gasteiger partial charge in [0.2, 0.25) is 0 Å². The number of hydrogen-bond acceptors (Lipinski definition) is 2. The molecule has 1 atom stereocenters. The minimum atomic E-state index is 0.186. The number of hydrogen-bond donors (Lipinski definition) is 1. The molecule has 0 spiro atoms. The van der Waals surface area contributed by atoms with Crippen molar-refractivity contribution < 1.29 is 4.79 Å². The molecule has 1 aromatic carbocycles. The van der Waals surface area contributed by atoms with Gasteiger partial charge in [0.1, 0.15) is 0 Å². The summed E-state index contributed by atoms with van der Waals surface area (Å²) in [7, 11) is 0. The fourth-order valence-electron chi connectivity index (χ4n) is 2.90. The highest BCUT2D eigenvalue weighted by atomic mass is 16.2. The summed E-state index contributed by atoms with van der Waals surface area (Å²) in [4.78, 5) is 14.7. The van der Waals surface area contributed by atoms with E-state index < -0.39 is 0 Å². The lowest BCUT2D eigenvalue weighted by molar-refractivity contribution is 0.0694. The third-order valence-electron chi connectivity index (χ3n) is 4.00. The molecule has 1 heterocycles. The van der Waals surface area contributed by atoms with Crippen LogP contribution in [0.2, 0.25) is 0 Å². The van der Waals surface area contributed by atoms with E-state index in [1.165, 1.54) is 12.0 Å². The summed E-state index contributed by atoms with van der Waals surface area (Å²) in [6.45, 7) is 9.02. The molecule has 1 aromatic rings. The van der Waals surface area contributed by atoms with E-state index in [1.54, 1.807) is 0 Å². The minimum absolute atomic E-state index is 0.186. The summed E-state index contributed by atoms with van der Waals surface area (Å²) in [5.74, 6) is 0.186. The maximum Gasteiger partial charge on any atom is 0.254 e. The van der Waals surface area contributed by atoms with Gasteiger partial charge in [-0.2, -0.15) is 0 Å². The molecule has 3 heteroatoms. The smallest absolute Gasteiger partial charge is 0.254 e. The quantitative estimate of drug-likeness (QED) is 0.915. The number of carbonyl (C=O) groups excluding carboxylic acids is 1. The molecule has 1 fully saturated rings. The third kappa shape index (κ3) is 3.60. The lowest BCUT2D eigenvalue weighted by atomic mass is 10.0. The SMILES string of the molecule is CCCNC1CCCN(C(=O)c2ccc(C)cc2C)C1. The molecule has 1 aliphatic heterocycles. The lowest BCUT2D eigenvalue weighted by Gasteiger charge is -2.33. The molecular formula is C17H26N2O. The Hall–Kier alpha value is -1.35. The average molecular weight is 274 g/mol. The van der Waals surface area contributed by atoms with E-state index in [0.717, 1.165) is 43.6 Å². The van der Waals surface area contributed by atoms with Crippen LogP contribution in [0.25, 0.3) is 0 Å². The maximum absolute atomic E-state index is 12.6. The normalized spacial score (nSPS) is 19.1. The van der Waals surface area contributed by atoms with E-state index in [9.17, 15) is 4.79 Å². The Kier molecular flexibility index (Phi) is 5.18. The number of likely N-dealkylation sites (tertiary alicyclic amines) is 1. The van der Waals surface area contributed by atoms with E-state index in [2.05, 4.69) is 25.2 Å². The van der Waals surface area contributed by atoms with Gasteiger partial charge in [0.05, 0.1) is 0 Å². The molecule has 0 bridgehead atoms. The second-order valence-electron chi connectivity index (χ2n) is 5.86. The standard InChI is InChI=1S/C17H26N2O/c1-4-9-18-15-6-5-10-19(12-15)17(20)16-8-7-13(2)11-14(16)3/h7-8,11,15,18H,4-6,9-10,12H2,1-3H3. The number of carbonyl (C=O) groups is 1. The van der Waals surface area contributed by atoms with E-state index in [4.69, 9.17) is 0 Å². The molecule has 0 saturated carbocycles. The number of piperidine rings is 1. The van der Waals surface area contributed by atoms with Crippen molar-refractivity contribution in [3.05, 3.63) is 34.9 Å². The van der Waals surface area contributed by atoms with Gasteiger partial charge in [-0.1, -0.05) is 24.6 Å². The van der Waals surface area contributed by atoms with Crippen LogP contribution in [0.1, 0.15) is 47.7 Å². The van der Waals surface area contributed by atoms with Crippen LogP contribution >= 0.6 is 0 Å². The van der Waals surface area contributed by atoms with Gasteiger partial charge < -0.3 is 10.2 Å². The van der Waals surface area contributed by atoms with Crippen molar-refractivity contribution in [2.75, 3.05) is 19.6 Å². The molecule has 1 unspecified atom stereocenters. The first-order valence-electron chi connectivity index (χ1n) is 7.71. The van der Waals surface area contributed by atoms with Crippen molar-refractivity contribution in [3.8, 4) is 0 Å². The third-order valence-corrected chi connectivity index (χ3v) is 4.00. The number of rotatable bonds is 4. The van der Waals surface area contributed by atoms with Crippen molar-refractivity contribution in [3.63, 3.8) is 0 Å². The number of nitrogens with zero attached hydrogens (tertiary/aromatic N) is 1. The zero-order chi connectivity index (χ0) is 14.5. The lowest BCUT2D eigenvalue weighted by Crippen LogP contribution is -2.48. The molecule has 0 aromatic heterocycles. The van der Waals surface area contributed by atoms with E-state index in [0.29, 0.717) is 6.04 Å². The Labute approximate surface area is 122 Å². The zero-order valence-electron chi connectivity index (χ0n) is 12.9. The molecule has 1 aliphatic rings. The number of benzene rings is 1. The molecule has 3 nitrogen and oxygen atoms in total. The monoisotopic (exact) mass is 274 g/mol. The molecule has 0 radical (unpaired) electrons. The van der Waals surface area contributed by atoms with Crippen LogP contribution in [0.15, 0.2) is 18.2 Å². The largest absolute Gasteiger partial charge is 0.337 e. The van der Waals surface area contributed by atoms with Crippen LogP contribution in [0.5, 0.6) is 0 Å². The molecule has 110 valence electrons. The first kappa shape index (κ1) is 15.0. The first-order chi connectivity index (χ1) is 9.61. The average Bonchev–Trinajstić information content (AvgIpc) is 2.45. The Morgan fingerprint density at radius 2 is 2.20 bits per heavy atom. The molecular weight excluding hydrogens is 248 g/mol. The zero-order valence-corrected chi connectivity index (χ0v) is 12.9. The van der Waals surface area contributed by atoms with Crippen molar-refractivity contribution in [2.24, 2.45) is 0 Å². The van der Waals surface area contributed by atoms with Gasteiger partial charge in [-0.3, -0.25) is 4.79 Å². The molecule has 1 amide bonds. The fourth-order valence-corrected chi connectivity index (χ4v) is 2.90. The van der Waals surface area contributed by atoms with Crippen LogP contribution < -0.4 is 5.32 Å². The van der Waals surface area contributed by atoms with Crippen molar-refractivity contribution in [1.29, 1.82) is 0 Å². The summed E-state index contributed by atoms with van der Waals surface area (Å²) in [6.07, 6.45) is 3.41. The number of nitrogens with one attached hydrogen (secondary N) is 1. The molecule has 2 rings (SSSR count). The predicted molar refractivity (Wildman–Crippen MR) is 83.1 cm³/mol. The van der Waals surface area contributed by atoms with Crippen LogP contribution in [0, 0.1) is 13.8 Å². The highest BCUT2D eigenvalue weighted by Gasteiger charge is 2.24. The molecule has 20 heavy (non-hydrogen) atoms. The van der Waals surface area contributed by atoms with Crippen LogP contribution in [0.3, 0.4) is 0 Å².